The smallest absolute Gasteiger partial charge is 0.270 e. The molecule has 2 aromatic heterocycles. The second-order valence-electron chi connectivity index (χ2n) is 7.85. The molecule has 1 aliphatic heterocycles. The number of para-hydroxylation sites is 1. The molecule has 0 radical (unpaired) electrons. The molecule has 3 heterocycles. The number of aryl methyl sites for hydroxylation is 1. The van der Waals surface area contributed by atoms with Crippen molar-refractivity contribution >= 4 is 43.4 Å². The van der Waals surface area contributed by atoms with Gasteiger partial charge < -0.3 is 14.5 Å². The van der Waals surface area contributed by atoms with Crippen molar-refractivity contribution in [3.63, 3.8) is 0 Å². The van der Waals surface area contributed by atoms with Crippen LogP contribution in [-0.2, 0) is 16.6 Å². The molecule has 0 aliphatic carbocycles. The number of sulfonamides is 1. The van der Waals surface area contributed by atoms with Crippen LogP contribution in [-0.4, -0.2) is 41.9 Å². The monoisotopic (exact) mass is 436 g/mol. The van der Waals surface area contributed by atoms with E-state index in [1.54, 1.807) is 11.0 Å². The number of anilines is 1. The maximum Gasteiger partial charge on any atom is 0.270 e. The second-order valence-corrected chi connectivity index (χ2v) is 9.53. The summed E-state index contributed by atoms with van der Waals surface area (Å²) >= 11 is 0. The molecule has 0 saturated carbocycles. The first-order chi connectivity index (χ1) is 15.0. The largest absolute Gasteiger partial charge is 0.356 e. The first-order valence-corrected chi connectivity index (χ1v) is 12.0. The van der Waals surface area contributed by atoms with Crippen molar-refractivity contribution in [1.82, 2.24) is 14.5 Å². The minimum Gasteiger partial charge on any atom is -0.356 e. The van der Waals surface area contributed by atoms with Crippen LogP contribution in [0.1, 0.15) is 30.3 Å². The summed E-state index contributed by atoms with van der Waals surface area (Å²) in [5, 5.41) is 2.08. The highest BCUT2D eigenvalue weighted by Crippen LogP contribution is 2.31. The van der Waals surface area contributed by atoms with Gasteiger partial charge in [0.05, 0.1) is 0 Å². The summed E-state index contributed by atoms with van der Waals surface area (Å²) in [7, 11) is -3.83. The molecule has 0 bridgehead atoms. The van der Waals surface area contributed by atoms with Gasteiger partial charge in [0.15, 0.2) is 0 Å². The van der Waals surface area contributed by atoms with E-state index in [2.05, 4.69) is 27.3 Å². The van der Waals surface area contributed by atoms with Gasteiger partial charge in [-0.3, -0.25) is 9.52 Å². The standard InChI is InChI=1S/C23H24N4O3S/c1-2-27-21-8-4-3-7-18(21)19-13-16(9-10-22(19)27)25-31(29,30)17-14-20(24-15-17)23(28)26-11-5-6-12-26/h3-4,7-10,13-15,24-25H,2,5-6,11-12H2,1H3. The number of H-pyrrole nitrogens is 1. The predicted octanol–water partition coefficient (Wildman–Crippen LogP) is 4.18. The molecule has 1 aliphatic rings. The zero-order valence-corrected chi connectivity index (χ0v) is 18.1. The van der Waals surface area contributed by atoms with Gasteiger partial charge in [-0.05, 0) is 50.1 Å². The Morgan fingerprint density at radius 1 is 1.03 bits per heavy atom. The summed E-state index contributed by atoms with van der Waals surface area (Å²) in [6.45, 7) is 4.34. The van der Waals surface area contributed by atoms with Crippen LogP contribution < -0.4 is 4.72 Å². The van der Waals surface area contributed by atoms with Gasteiger partial charge >= 0.3 is 0 Å². The molecule has 160 valence electrons. The summed E-state index contributed by atoms with van der Waals surface area (Å²) in [6, 6.07) is 15.1. The fourth-order valence-electron chi connectivity index (χ4n) is 4.42. The zero-order chi connectivity index (χ0) is 21.6. The number of likely N-dealkylation sites (tertiary alicyclic amines) is 1. The first kappa shape index (κ1) is 19.7. The molecule has 1 amide bonds. The first-order valence-electron chi connectivity index (χ1n) is 10.5. The van der Waals surface area contributed by atoms with E-state index in [-0.39, 0.29) is 10.8 Å². The number of carbonyl (C=O) groups is 1. The van der Waals surface area contributed by atoms with Crippen LogP contribution in [0.3, 0.4) is 0 Å². The van der Waals surface area contributed by atoms with Gasteiger partial charge in [-0.25, -0.2) is 8.42 Å². The van der Waals surface area contributed by atoms with Gasteiger partial charge in [0.25, 0.3) is 15.9 Å². The van der Waals surface area contributed by atoms with Crippen molar-refractivity contribution in [3.05, 3.63) is 60.4 Å². The maximum atomic E-state index is 13.0. The SMILES string of the molecule is CCn1c2ccccc2c2cc(NS(=O)(=O)c3c[nH]c(C(=O)N4CCCC4)c3)ccc21. The molecule has 0 unspecified atom stereocenters. The molecule has 1 fully saturated rings. The number of benzene rings is 2. The Hall–Kier alpha value is -3.26. The Balaban J connectivity index is 1.46. The zero-order valence-electron chi connectivity index (χ0n) is 17.3. The third-order valence-electron chi connectivity index (χ3n) is 5.93. The number of rotatable bonds is 5. The summed E-state index contributed by atoms with van der Waals surface area (Å²) in [5.41, 5.74) is 2.96. The highest BCUT2D eigenvalue weighted by atomic mass is 32.2. The van der Waals surface area contributed by atoms with Crippen LogP contribution in [0.5, 0.6) is 0 Å². The summed E-state index contributed by atoms with van der Waals surface area (Å²) in [6.07, 6.45) is 3.33. The number of nitrogens with one attached hydrogen (secondary N) is 2. The predicted molar refractivity (Wildman–Crippen MR) is 122 cm³/mol. The van der Waals surface area contributed by atoms with Crippen LogP contribution in [0.25, 0.3) is 21.8 Å². The molecule has 1 saturated heterocycles. The van der Waals surface area contributed by atoms with E-state index in [1.807, 2.05) is 30.3 Å². The number of carbonyl (C=O) groups excluding carboxylic acids is 1. The van der Waals surface area contributed by atoms with Crippen molar-refractivity contribution in [3.8, 4) is 0 Å². The van der Waals surface area contributed by atoms with Gasteiger partial charge in [-0.2, -0.15) is 0 Å². The summed E-state index contributed by atoms with van der Waals surface area (Å²) in [5.74, 6) is -0.159. The van der Waals surface area contributed by atoms with Gasteiger partial charge in [-0.15, -0.1) is 0 Å². The lowest BCUT2D eigenvalue weighted by Gasteiger charge is -2.13. The van der Waals surface area contributed by atoms with E-state index in [4.69, 9.17) is 0 Å². The highest BCUT2D eigenvalue weighted by molar-refractivity contribution is 7.92. The molecule has 7 nitrogen and oxygen atoms in total. The molecule has 2 aromatic carbocycles. The van der Waals surface area contributed by atoms with Crippen molar-refractivity contribution in [2.24, 2.45) is 0 Å². The van der Waals surface area contributed by atoms with Crippen LogP contribution in [0.15, 0.2) is 59.6 Å². The highest BCUT2D eigenvalue weighted by Gasteiger charge is 2.24. The molecule has 8 heteroatoms. The van der Waals surface area contributed by atoms with E-state index < -0.39 is 10.0 Å². The fraction of sp³-hybridized carbons (Fsp3) is 0.261. The Bertz CT molecular complexity index is 1390. The number of hydrogen-bond donors (Lipinski definition) is 2. The van der Waals surface area contributed by atoms with Gasteiger partial charge in [0, 0.05) is 53.3 Å². The van der Waals surface area contributed by atoms with Crippen LogP contribution >= 0.6 is 0 Å². The fourth-order valence-corrected chi connectivity index (χ4v) is 5.46. The van der Waals surface area contributed by atoms with E-state index in [9.17, 15) is 13.2 Å². The number of hydrogen-bond acceptors (Lipinski definition) is 3. The average Bonchev–Trinajstić information content (AvgIpc) is 3.51. The molecule has 2 N–H and O–H groups in total. The lowest BCUT2D eigenvalue weighted by Crippen LogP contribution is -2.27. The molecular weight excluding hydrogens is 412 g/mol. The van der Waals surface area contributed by atoms with E-state index in [1.165, 1.54) is 12.3 Å². The van der Waals surface area contributed by atoms with Crippen molar-refractivity contribution in [1.29, 1.82) is 0 Å². The van der Waals surface area contributed by atoms with Crippen molar-refractivity contribution in [2.45, 2.75) is 31.2 Å². The Labute approximate surface area is 180 Å². The third kappa shape index (κ3) is 3.37. The number of amides is 1. The lowest BCUT2D eigenvalue weighted by atomic mass is 10.1. The lowest BCUT2D eigenvalue weighted by molar-refractivity contribution is 0.0787. The molecule has 0 atom stereocenters. The van der Waals surface area contributed by atoms with E-state index in [0.29, 0.717) is 24.5 Å². The Kier molecular flexibility index (Phi) is 4.74. The minimum atomic E-state index is -3.83. The normalized spacial score (nSPS) is 14.5. The van der Waals surface area contributed by atoms with E-state index in [0.717, 1.165) is 41.2 Å². The topological polar surface area (TPSA) is 87.2 Å². The number of fused-ring (bicyclic) bond motifs is 3. The molecule has 31 heavy (non-hydrogen) atoms. The van der Waals surface area contributed by atoms with Gasteiger partial charge in [0.2, 0.25) is 0 Å². The van der Waals surface area contributed by atoms with Gasteiger partial charge in [-0.1, -0.05) is 18.2 Å². The van der Waals surface area contributed by atoms with Gasteiger partial charge in [0.1, 0.15) is 10.6 Å². The Morgan fingerprint density at radius 2 is 1.77 bits per heavy atom. The average molecular weight is 437 g/mol. The third-order valence-corrected chi connectivity index (χ3v) is 7.29. The number of aromatic nitrogens is 2. The number of nitrogens with zero attached hydrogens (tertiary/aromatic N) is 2. The minimum absolute atomic E-state index is 0.0473. The van der Waals surface area contributed by atoms with Crippen molar-refractivity contribution in [2.75, 3.05) is 17.8 Å². The van der Waals surface area contributed by atoms with Crippen LogP contribution in [0.2, 0.25) is 0 Å². The second kappa shape index (κ2) is 7.46. The molecular formula is C23H24N4O3S. The quantitative estimate of drug-likeness (QED) is 0.492. The maximum absolute atomic E-state index is 13.0. The van der Waals surface area contributed by atoms with E-state index >= 15 is 0 Å². The summed E-state index contributed by atoms with van der Waals surface area (Å²) < 4.78 is 30.8. The van der Waals surface area contributed by atoms with Crippen molar-refractivity contribution < 1.29 is 13.2 Å². The van der Waals surface area contributed by atoms with Crippen LogP contribution in [0.4, 0.5) is 5.69 Å². The Morgan fingerprint density at radius 3 is 2.55 bits per heavy atom. The number of aromatic amines is 1. The summed E-state index contributed by atoms with van der Waals surface area (Å²) in [4.78, 5) is 17.1. The van der Waals surface area contributed by atoms with Crippen LogP contribution in [0, 0.1) is 0 Å². The molecule has 0 spiro atoms. The molecule has 4 aromatic rings. The molecule has 5 rings (SSSR count).